The monoisotopic (exact) mass is 412 g/mol. The molecule has 1 fully saturated rings. The van der Waals surface area contributed by atoms with Crippen molar-refractivity contribution in [2.45, 2.75) is 45.1 Å². The molecule has 0 amide bonds. The summed E-state index contributed by atoms with van der Waals surface area (Å²) in [6.07, 6.45) is 3.47. The van der Waals surface area contributed by atoms with Gasteiger partial charge in [-0.3, -0.25) is 14.4 Å². The van der Waals surface area contributed by atoms with Crippen LogP contribution in [0.5, 0.6) is 0 Å². The molecule has 1 saturated carbocycles. The normalized spacial score (nSPS) is 19.1. The number of ketones is 1. The molecule has 7 nitrogen and oxygen atoms in total. The van der Waals surface area contributed by atoms with E-state index in [1.165, 1.54) is 37.4 Å². The van der Waals surface area contributed by atoms with Crippen LogP contribution in [-0.4, -0.2) is 32.8 Å². The number of fused-ring (bicyclic) bond motifs is 3. The van der Waals surface area contributed by atoms with Crippen LogP contribution in [0.4, 0.5) is 4.39 Å². The second-order valence-corrected chi connectivity index (χ2v) is 7.70. The number of esters is 1. The Labute approximate surface area is 171 Å². The average molecular weight is 412 g/mol. The quantitative estimate of drug-likeness (QED) is 0.402. The molecule has 0 aromatic heterocycles. The van der Waals surface area contributed by atoms with Crippen molar-refractivity contribution >= 4 is 22.5 Å². The van der Waals surface area contributed by atoms with Gasteiger partial charge in [-0.15, -0.1) is 0 Å². The van der Waals surface area contributed by atoms with Crippen LogP contribution in [0.3, 0.4) is 0 Å². The van der Waals surface area contributed by atoms with Crippen molar-refractivity contribution in [2.24, 2.45) is 5.92 Å². The number of rotatable bonds is 4. The van der Waals surface area contributed by atoms with Gasteiger partial charge >= 0.3 is 5.97 Å². The highest BCUT2D eigenvalue weighted by Crippen LogP contribution is 2.33. The Bertz CT molecular complexity index is 1160. The van der Waals surface area contributed by atoms with E-state index < -0.39 is 11.4 Å². The number of pyridine rings is 2. The third-order valence-electron chi connectivity index (χ3n) is 5.70. The van der Waals surface area contributed by atoms with E-state index in [1.54, 1.807) is 0 Å². The van der Waals surface area contributed by atoms with E-state index in [-0.39, 0.29) is 41.3 Å². The molecule has 4 rings (SSSR count). The van der Waals surface area contributed by atoms with Crippen molar-refractivity contribution in [3.63, 3.8) is 0 Å². The first-order valence-electron chi connectivity index (χ1n) is 9.86. The van der Waals surface area contributed by atoms with E-state index in [0.29, 0.717) is 42.3 Å². The number of benzene rings is 1. The van der Waals surface area contributed by atoms with Gasteiger partial charge in [0.25, 0.3) is 5.56 Å². The van der Waals surface area contributed by atoms with Gasteiger partial charge in [-0.1, -0.05) is 0 Å². The second-order valence-electron chi connectivity index (χ2n) is 7.70. The minimum Gasteiger partial charge on any atom is -0.463 e. The summed E-state index contributed by atoms with van der Waals surface area (Å²) in [5, 5.41) is 10.9. The molecule has 0 atom stereocenters. The van der Waals surface area contributed by atoms with E-state index in [1.807, 2.05) is 0 Å². The number of hydrogen-bond donors (Lipinski definition) is 1. The zero-order valence-electron chi connectivity index (χ0n) is 16.4. The van der Waals surface area contributed by atoms with Crippen molar-refractivity contribution in [3.8, 4) is 11.3 Å². The second kappa shape index (κ2) is 7.85. The fraction of sp³-hybridized carbons (Fsp3) is 0.364. The fourth-order valence-electron chi connectivity index (χ4n) is 4.26. The van der Waals surface area contributed by atoms with E-state index in [2.05, 4.69) is 4.98 Å². The number of aromatic nitrogens is 2. The third-order valence-corrected chi connectivity index (χ3v) is 5.70. The lowest BCUT2D eigenvalue weighted by Gasteiger charge is -2.27. The first kappa shape index (κ1) is 20.0. The first-order chi connectivity index (χ1) is 14.3. The molecule has 1 N–H and O–H groups in total. The topological polar surface area (TPSA) is 98.5 Å². The molecule has 0 bridgehead atoms. The highest BCUT2D eigenvalue weighted by atomic mass is 19.1. The van der Waals surface area contributed by atoms with Crippen LogP contribution < -0.4 is 5.56 Å². The lowest BCUT2D eigenvalue weighted by atomic mass is 9.82. The SMILES string of the molecule is CC(=O)OC1CCC(C(=O)Cc2c3c4cc(F)ccc4c(=O)nc-3ccn2O)CC1. The van der Waals surface area contributed by atoms with E-state index >= 15 is 0 Å². The van der Waals surface area contributed by atoms with Crippen LogP contribution in [0.1, 0.15) is 38.3 Å². The van der Waals surface area contributed by atoms with Crippen molar-refractivity contribution in [1.29, 1.82) is 0 Å². The lowest BCUT2D eigenvalue weighted by molar-refractivity contribution is -0.148. The van der Waals surface area contributed by atoms with Crippen molar-refractivity contribution < 1.29 is 23.9 Å². The molecule has 0 radical (unpaired) electrons. The molecule has 0 unspecified atom stereocenters. The van der Waals surface area contributed by atoms with Gasteiger partial charge in [0, 0.05) is 35.4 Å². The predicted octanol–water partition coefficient (Wildman–Crippen LogP) is 3.11. The number of ether oxygens (including phenoxy) is 1. The number of Topliss-reactive ketones (excluding diaryl/α,β-unsaturated/α-hetero) is 1. The van der Waals surface area contributed by atoms with Gasteiger partial charge < -0.3 is 9.94 Å². The fourth-order valence-corrected chi connectivity index (χ4v) is 4.26. The number of carbonyl (C=O) groups excluding carboxylic acids is 2. The van der Waals surface area contributed by atoms with Gasteiger partial charge in [0.2, 0.25) is 0 Å². The van der Waals surface area contributed by atoms with Crippen LogP contribution in [0, 0.1) is 11.7 Å². The van der Waals surface area contributed by atoms with Gasteiger partial charge in [0.05, 0.1) is 17.8 Å². The number of nitrogens with zero attached hydrogens (tertiary/aromatic N) is 2. The first-order valence-corrected chi connectivity index (χ1v) is 9.86. The average Bonchev–Trinajstić information content (AvgIpc) is 2.70. The molecule has 3 aliphatic rings. The summed E-state index contributed by atoms with van der Waals surface area (Å²) in [5.74, 6) is -1.14. The Kier molecular flexibility index (Phi) is 5.24. The largest absolute Gasteiger partial charge is 0.463 e. The van der Waals surface area contributed by atoms with Gasteiger partial charge in [-0.05, 0) is 49.9 Å². The smallest absolute Gasteiger partial charge is 0.302 e. The summed E-state index contributed by atoms with van der Waals surface area (Å²) in [6.45, 7) is 1.37. The Morgan fingerprint density at radius 2 is 1.93 bits per heavy atom. The van der Waals surface area contributed by atoms with E-state index in [0.717, 1.165) is 4.73 Å². The molecule has 2 heterocycles. The summed E-state index contributed by atoms with van der Waals surface area (Å²) in [6, 6.07) is 5.22. The molecule has 8 heteroatoms. The molecule has 0 spiro atoms. The Morgan fingerprint density at radius 3 is 2.63 bits per heavy atom. The summed E-state index contributed by atoms with van der Waals surface area (Å²) in [5.41, 5.74) is 0.456. The van der Waals surface area contributed by atoms with Crippen molar-refractivity contribution in [2.75, 3.05) is 0 Å². The zero-order chi connectivity index (χ0) is 21.4. The minimum atomic E-state index is -0.524. The molecule has 1 aromatic rings. The molecule has 30 heavy (non-hydrogen) atoms. The maximum atomic E-state index is 13.9. The van der Waals surface area contributed by atoms with Crippen LogP contribution in [-0.2, 0) is 20.7 Å². The Morgan fingerprint density at radius 1 is 1.20 bits per heavy atom. The molecule has 2 aliphatic heterocycles. The van der Waals surface area contributed by atoms with Crippen LogP contribution in [0.25, 0.3) is 22.0 Å². The lowest BCUT2D eigenvalue weighted by Crippen LogP contribution is -2.29. The minimum absolute atomic E-state index is 0.0673. The van der Waals surface area contributed by atoms with Gasteiger partial charge in [-0.25, -0.2) is 9.37 Å². The Hall–Kier alpha value is -3.29. The molecule has 0 saturated heterocycles. The van der Waals surface area contributed by atoms with Crippen molar-refractivity contribution in [3.05, 3.63) is 52.3 Å². The molecule has 1 aromatic carbocycles. The predicted molar refractivity (Wildman–Crippen MR) is 106 cm³/mol. The van der Waals surface area contributed by atoms with Crippen LogP contribution in [0.2, 0.25) is 0 Å². The standard InChI is InChI=1S/C22H21FN2O5/c1-12(26)30-15-5-2-13(3-6-15)20(27)11-19-21-17-10-14(23)4-7-16(17)22(28)24-18(21)8-9-25(19)29/h4,7-10,13,15,29H,2-3,5-6,11H2,1H3. The maximum absolute atomic E-state index is 13.9. The number of halogens is 1. The van der Waals surface area contributed by atoms with E-state index in [4.69, 9.17) is 4.74 Å². The van der Waals surface area contributed by atoms with Crippen LogP contribution >= 0.6 is 0 Å². The van der Waals surface area contributed by atoms with Crippen molar-refractivity contribution in [1.82, 2.24) is 9.71 Å². The molecular weight excluding hydrogens is 391 g/mol. The number of carbonyl (C=O) groups is 2. The molecule has 1 aliphatic carbocycles. The molecular formula is C22H21FN2O5. The van der Waals surface area contributed by atoms with Gasteiger partial charge in [0.1, 0.15) is 17.7 Å². The van der Waals surface area contributed by atoms with Gasteiger partial charge in [0.15, 0.2) is 0 Å². The van der Waals surface area contributed by atoms with Crippen LogP contribution in [0.15, 0.2) is 35.3 Å². The summed E-state index contributed by atoms with van der Waals surface area (Å²) in [4.78, 5) is 40.4. The highest BCUT2D eigenvalue weighted by Gasteiger charge is 2.29. The van der Waals surface area contributed by atoms with E-state index in [9.17, 15) is 24.0 Å². The summed E-state index contributed by atoms with van der Waals surface area (Å²) >= 11 is 0. The molecule has 156 valence electrons. The highest BCUT2D eigenvalue weighted by molar-refractivity contribution is 5.98. The third kappa shape index (κ3) is 3.77. The summed E-state index contributed by atoms with van der Waals surface area (Å²) < 4.78 is 20.0. The maximum Gasteiger partial charge on any atom is 0.302 e. The number of hydrogen-bond acceptors (Lipinski definition) is 6. The Balaban J connectivity index is 1.67. The summed E-state index contributed by atoms with van der Waals surface area (Å²) in [7, 11) is 0. The zero-order valence-corrected chi connectivity index (χ0v) is 16.4. The van der Waals surface area contributed by atoms with Gasteiger partial charge in [-0.2, -0.15) is 4.73 Å².